The average Bonchev–Trinajstić information content (AvgIpc) is 2.63. The number of methoxy groups -OCH3 is 1. The van der Waals surface area contributed by atoms with E-state index in [9.17, 15) is 4.39 Å². The van der Waals surface area contributed by atoms with Crippen molar-refractivity contribution in [2.75, 3.05) is 20.4 Å². The molecule has 0 N–H and O–H groups in total. The van der Waals surface area contributed by atoms with Gasteiger partial charge in [0.2, 0.25) is 0 Å². The number of rotatable bonds is 11. The molecule has 0 bridgehead atoms. The predicted molar refractivity (Wildman–Crippen MR) is 104 cm³/mol. The summed E-state index contributed by atoms with van der Waals surface area (Å²) >= 11 is 0. The molecule has 1 rings (SSSR count). The minimum Gasteiger partial charge on any atom is -0.384 e. The highest BCUT2D eigenvalue weighted by Gasteiger charge is 2.02. The van der Waals surface area contributed by atoms with Crippen LogP contribution in [0.5, 0.6) is 0 Å². The summed E-state index contributed by atoms with van der Waals surface area (Å²) in [6.45, 7) is 2.71. The minimum absolute atomic E-state index is 0.214. The van der Waals surface area contributed by atoms with Crippen molar-refractivity contribution in [3.05, 3.63) is 53.6 Å². The molecule has 132 valence electrons. The Hall–Kier alpha value is -1.85. The van der Waals surface area contributed by atoms with Gasteiger partial charge in [0.25, 0.3) is 0 Å². The maximum Gasteiger partial charge on any atom is 0.0894 e. The normalized spacial score (nSPS) is 11.7. The van der Waals surface area contributed by atoms with Gasteiger partial charge in [-0.1, -0.05) is 61.4 Å². The molecular weight excluding hydrogens is 299 g/mol. The number of hydrogen-bond donors (Lipinski definition) is 0. The van der Waals surface area contributed by atoms with Gasteiger partial charge in [0.1, 0.15) is 0 Å². The third-order valence-corrected chi connectivity index (χ3v) is 3.61. The van der Waals surface area contributed by atoms with Crippen LogP contribution >= 0.6 is 0 Å². The Morgan fingerprint density at radius 2 is 1.83 bits per heavy atom. The molecule has 0 amide bonds. The van der Waals surface area contributed by atoms with E-state index in [2.05, 4.69) is 56.2 Å². The lowest BCUT2D eigenvalue weighted by atomic mass is 9.97. The number of benzene rings is 1. The van der Waals surface area contributed by atoms with Crippen LogP contribution in [0.25, 0.3) is 5.57 Å². The zero-order chi connectivity index (χ0) is 18.0. The van der Waals surface area contributed by atoms with Crippen LogP contribution in [0.15, 0.2) is 48.1 Å². The first-order valence-electron chi connectivity index (χ1n) is 8.65. The summed E-state index contributed by atoms with van der Waals surface area (Å²) in [5, 5.41) is 0. The first-order valence-corrected chi connectivity index (χ1v) is 8.65. The highest BCUT2D eigenvalue weighted by molar-refractivity contribution is 5.74. The van der Waals surface area contributed by atoms with E-state index in [1.165, 1.54) is 16.7 Å². The molecule has 0 radical (unpaired) electrons. The Morgan fingerprint density at radius 3 is 2.42 bits per heavy atom. The van der Waals surface area contributed by atoms with Gasteiger partial charge in [-0.3, -0.25) is 4.39 Å². The smallest absolute Gasteiger partial charge is 0.0894 e. The molecule has 0 atom stereocenters. The summed E-state index contributed by atoms with van der Waals surface area (Å²) < 4.78 is 17.5. The molecule has 0 spiro atoms. The second-order valence-electron chi connectivity index (χ2n) is 5.51. The van der Waals surface area contributed by atoms with Gasteiger partial charge in [-0.2, -0.15) is 0 Å². The monoisotopic (exact) mass is 330 g/mol. The molecule has 1 aromatic rings. The topological polar surface area (TPSA) is 9.23 Å². The molecule has 0 fully saturated rings. The van der Waals surface area contributed by atoms with Crippen molar-refractivity contribution in [1.82, 2.24) is 0 Å². The van der Waals surface area contributed by atoms with Gasteiger partial charge in [0.15, 0.2) is 0 Å². The van der Waals surface area contributed by atoms with Crippen molar-refractivity contribution in [1.29, 1.82) is 0 Å². The third-order valence-electron chi connectivity index (χ3n) is 3.61. The molecule has 0 aliphatic heterocycles. The summed E-state index contributed by atoms with van der Waals surface area (Å²) in [6, 6.07) is 10.4. The zero-order valence-electron chi connectivity index (χ0n) is 15.1. The SMILES string of the molecule is C#C.CCC/C(=C/C(=C\CCOC)c1ccccc1)CCCCF. The highest BCUT2D eigenvalue weighted by Crippen LogP contribution is 2.23. The van der Waals surface area contributed by atoms with Crippen molar-refractivity contribution in [3.63, 3.8) is 0 Å². The zero-order valence-corrected chi connectivity index (χ0v) is 15.1. The third kappa shape index (κ3) is 10.0. The van der Waals surface area contributed by atoms with E-state index in [0.29, 0.717) is 6.42 Å². The van der Waals surface area contributed by atoms with E-state index in [4.69, 9.17) is 4.74 Å². The van der Waals surface area contributed by atoms with Gasteiger partial charge in [0, 0.05) is 13.7 Å². The molecule has 0 heterocycles. The van der Waals surface area contributed by atoms with Crippen LogP contribution in [0.1, 0.15) is 51.0 Å². The molecule has 0 aliphatic rings. The molecule has 0 aromatic heterocycles. The lowest BCUT2D eigenvalue weighted by Gasteiger charge is -2.09. The molecule has 2 heteroatoms. The molecule has 1 aromatic carbocycles. The number of allylic oxidation sites excluding steroid dienone is 3. The highest BCUT2D eigenvalue weighted by atomic mass is 19.1. The first-order chi connectivity index (χ1) is 11.8. The number of ether oxygens (including phenoxy) is 1. The Bertz CT molecular complexity index is 485. The second-order valence-corrected chi connectivity index (χ2v) is 5.51. The summed E-state index contributed by atoms with van der Waals surface area (Å²) in [5.74, 6) is 0. The van der Waals surface area contributed by atoms with E-state index < -0.39 is 0 Å². The number of terminal acetylenes is 1. The molecule has 24 heavy (non-hydrogen) atoms. The molecular formula is C22H31FO. The Morgan fingerprint density at radius 1 is 1.12 bits per heavy atom. The van der Waals surface area contributed by atoms with Crippen molar-refractivity contribution >= 4 is 5.57 Å². The van der Waals surface area contributed by atoms with Gasteiger partial charge in [-0.25, -0.2) is 0 Å². The van der Waals surface area contributed by atoms with Crippen LogP contribution in [-0.4, -0.2) is 20.4 Å². The quantitative estimate of drug-likeness (QED) is 0.266. The van der Waals surface area contributed by atoms with Gasteiger partial charge in [-0.15, -0.1) is 12.8 Å². The van der Waals surface area contributed by atoms with E-state index in [1.807, 2.05) is 6.07 Å². The van der Waals surface area contributed by atoms with Crippen LogP contribution in [0, 0.1) is 12.8 Å². The summed E-state index contributed by atoms with van der Waals surface area (Å²) in [5.41, 5.74) is 3.91. The van der Waals surface area contributed by atoms with Gasteiger partial charge < -0.3 is 4.74 Å². The van der Waals surface area contributed by atoms with Crippen LogP contribution in [-0.2, 0) is 4.74 Å². The second kappa shape index (κ2) is 16.0. The van der Waals surface area contributed by atoms with Crippen molar-refractivity contribution in [3.8, 4) is 12.8 Å². The fourth-order valence-electron chi connectivity index (χ4n) is 2.48. The predicted octanol–water partition coefficient (Wildman–Crippen LogP) is 6.22. The van der Waals surface area contributed by atoms with Gasteiger partial charge >= 0.3 is 0 Å². The minimum atomic E-state index is -0.214. The van der Waals surface area contributed by atoms with Crippen LogP contribution in [0.2, 0.25) is 0 Å². The fourth-order valence-corrected chi connectivity index (χ4v) is 2.48. The van der Waals surface area contributed by atoms with E-state index >= 15 is 0 Å². The fraction of sp³-hybridized carbons (Fsp3) is 0.455. The summed E-state index contributed by atoms with van der Waals surface area (Å²) in [7, 11) is 1.73. The Labute approximate surface area is 147 Å². The number of alkyl halides is 1. The van der Waals surface area contributed by atoms with E-state index in [1.54, 1.807) is 7.11 Å². The first kappa shape index (κ1) is 22.2. The van der Waals surface area contributed by atoms with E-state index in [-0.39, 0.29) is 6.67 Å². The number of halogens is 1. The van der Waals surface area contributed by atoms with Crippen molar-refractivity contribution in [2.45, 2.75) is 45.4 Å². The van der Waals surface area contributed by atoms with Gasteiger partial charge in [-0.05, 0) is 43.2 Å². The molecule has 1 nitrogen and oxygen atoms in total. The largest absolute Gasteiger partial charge is 0.384 e. The molecule has 0 saturated carbocycles. The summed E-state index contributed by atoms with van der Waals surface area (Å²) in [4.78, 5) is 0. The van der Waals surface area contributed by atoms with Crippen molar-refractivity contribution < 1.29 is 9.13 Å². The van der Waals surface area contributed by atoms with Crippen LogP contribution in [0.4, 0.5) is 4.39 Å². The standard InChI is InChI=1S/C20H29FO.C2H2/c1-3-10-18(11-7-8-15-21)17-20(14-9-16-22-2)19-12-5-4-6-13-19;1-2/h4-6,12-14,17H,3,7-11,15-16H2,1-2H3;1-2H/b18-17-,20-14+;. The summed E-state index contributed by atoms with van der Waals surface area (Å²) in [6.07, 6.45) is 18.2. The molecule has 0 unspecified atom stereocenters. The lowest BCUT2D eigenvalue weighted by Crippen LogP contribution is -1.91. The Kier molecular flexibility index (Phi) is 14.8. The van der Waals surface area contributed by atoms with Gasteiger partial charge in [0.05, 0.1) is 6.67 Å². The number of unbranched alkanes of at least 4 members (excludes halogenated alkanes) is 1. The maximum atomic E-state index is 12.3. The van der Waals surface area contributed by atoms with Crippen LogP contribution in [0.3, 0.4) is 0 Å². The number of hydrogen-bond acceptors (Lipinski definition) is 1. The Balaban J connectivity index is 0.00000254. The maximum absolute atomic E-state index is 12.3. The van der Waals surface area contributed by atoms with Crippen molar-refractivity contribution in [2.24, 2.45) is 0 Å². The van der Waals surface area contributed by atoms with E-state index in [0.717, 1.165) is 38.7 Å². The molecule has 0 saturated heterocycles. The lowest BCUT2D eigenvalue weighted by molar-refractivity contribution is 0.204. The average molecular weight is 330 g/mol. The molecule has 0 aliphatic carbocycles. The van der Waals surface area contributed by atoms with Crippen LogP contribution < -0.4 is 0 Å².